The molecule has 1 heterocycles. The van der Waals surface area contributed by atoms with E-state index >= 15 is 0 Å². The number of aromatic carboxylic acids is 1. The number of aryl methyl sites for hydroxylation is 2. The van der Waals surface area contributed by atoms with E-state index in [-0.39, 0.29) is 5.69 Å². The van der Waals surface area contributed by atoms with Gasteiger partial charge in [0.2, 0.25) is 0 Å². The molecule has 2 rings (SSSR count). The first-order valence-corrected chi connectivity index (χ1v) is 5.87. The zero-order valence-electron chi connectivity index (χ0n) is 10.0. The molecule has 0 aliphatic carbocycles. The van der Waals surface area contributed by atoms with Gasteiger partial charge in [-0.05, 0) is 35.6 Å². The van der Waals surface area contributed by atoms with Gasteiger partial charge in [0, 0.05) is 12.7 Å². The summed E-state index contributed by atoms with van der Waals surface area (Å²) in [5.41, 5.74) is 9.13. The Morgan fingerprint density at radius 3 is 2.28 bits per heavy atom. The number of nitrogens with two attached hydrogens (primary N) is 1. The molecule has 0 saturated carbocycles. The maximum Gasteiger partial charge on any atom is 0.352 e. The van der Waals surface area contributed by atoms with Crippen LogP contribution >= 0.6 is 0 Å². The van der Waals surface area contributed by atoms with Crippen LogP contribution in [0.25, 0.3) is 0 Å². The number of benzene rings is 1. The van der Waals surface area contributed by atoms with Crippen molar-refractivity contribution in [3.05, 3.63) is 58.9 Å². The third-order valence-corrected chi connectivity index (χ3v) is 2.93. The fraction of sp³-hybridized carbons (Fsp3) is 0.214. The van der Waals surface area contributed by atoms with Gasteiger partial charge in [0.05, 0.1) is 0 Å². The molecule has 0 saturated heterocycles. The molecule has 0 unspecified atom stereocenters. The SMILES string of the molecule is NCc1ccc(CCc2c[nH]c(C(=O)O)c2)cc1. The van der Waals surface area contributed by atoms with Crippen LogP contribution in [0.5, 0.6) is 0 Å². The molecule has 0 atom stereocenters. The number of hydrogen-bond donors (Lipinski definition) is 3. The van der Waals surface area contributed by atoms with Crippen molar-refractivity contribution in [2.45, 2.75) is 19.4 Å². The number of hydrogen-bond acceptors (Lipinski definition) is 2. The summed E-state index contributed by atoms with van der Waals surface area (Å²) in [6, 6.07) is 9.85. The van der Waals surface area contributed by atoms with Crippen molar-refractivity contribution in [3.63, 3.8) is 0 Å². The second-order valence-corrected chi connectivity index (χ2v) is 4.25. The van der Waals surface area contributed by atoms with Gasteiger partial charge in [0.1, 0.15) is 5.69 Å². The summed E-state index contributed by atoms with van der Waals surface area (Å²) in [5.74, 6) is -0.923. The summed E-state index contributed by atoms with van der Waals surface area (Å²) in [4.78, 5) is 13.5. The molecule has 4 N–H and O–H groups in total. The molecule has 0 bridgehead atoms. The Kier molecular flexibility index (Phi) is 3.79. The van der Waals surface area contributed by atoms with Crippen LogP contribution < -0.4 is 5.73 Å². The minimum atomic E-state index is -0.923. The lowest BCUT2D eigenvalue weighted by atomic mass is 10.0. The smallest absolute Gasteiger partial charge is 0.352 e. The fourth-order valence-corrected chi connectivity index (χ4v) is 1.84. The molecule has 1 aromatic carbocycles. The molecular weight excluding hydrogens is 228 g/mol. The van der Waals surface area contributed by atoms with Crippen molar-refractivity contribution in [3.8, 4) is 0 Å². The van der Waals surface area contributed by atoms with E-state index < -0.39 is 5.97 Å². The van der Waals surface area contributed by atoms with E-state index in [0.717, 1.165) is 24.0 Å². The Labute approximate surface area is 105 Å². The van der Waals surface area contributed by atoms with Crippen LogP contribution in [0.4, 0.5) is 0 Å². The van der Waals surface area contributed by atoms with E-state index in [0.29, 0.717) is 6.54 Å². The molecule has 18 heavy (non-hydrogen) atoms. The predicted molar refractivity (Wildman–Crippen MR) is 69.5 cm³/mol. The van der Waals surface area contributed by atoms with Crippen LogP contribution in [0, 0.1) is 0 Å². The van der Waals surface area contributed by atoms with Crippen LogP contribution in [0.1, 0.15) is 27.2 Å². The Bertz CT molecular complexity index is 529. The molecule has 0 aliphatic heterocycles. The van der Waals surface area contributed by atoms with Crippen molar-refractivity contribution in [2.75, 3.05) is 0 Å². The van der Waals surface area contributed by atoms with E-state index in [1.165, 1.54) is 5.56 Å². The molecule has 94 valence electrons. The molecule has 4 heteroatoms. The second-order valence-electron chi connectivity index (χ2n) is 4.25. The molecule has 0 amide bonds. The van der Waals surface area contributed by atoms with Crippen LogP contribution in [0.15, 0.2) is 36.5 Å². The summed E-state index contributed by atoms with van der Waals surface area (Å²) < 4.78 is 0. The number of carbonyl (C=O) groups is 1. The molecule has 1 aromatic heterocycles. The van der Waals surface area contributed by atoms with Gasteiger partial charge in [-0.3, -0.25) is 0 Å². The summed E-state index contributed by atoms with van der Waals surface area (Å²) in [6.45, 7) is 0.556. The highest BCUT2D eigenvalue weighted by Gasteiger charge is 2.05. The van der Waals surface area contributed by atoms with E-state index in [4.69, 9.17) is 10.8 Å². The lowest BCUT2D eigenvalue weighted by Crippen LogP contribution is -1.97. The number of nitrogens with one attached hydrogen (secondary N) is 1. The zero-order chi connectivity index (χ0) is 13.0. The summed E-state index contributed by atoms with van der Waals surface area (Å²) in [7, 11) is 0. The lowest BCUT2D eigenvalue weighted by Gasteiger charge is -2.01. The molecular formula is C14H16N2O2. The lowest BCUT2D eigenvalue weighted by molar-refractivity contribution is 0.0691. The van der Waals surface area contributed by atoms with Crippen LogP contribution in [0.2, 0.25) is 0 Å². The van der Waals surface area contributed by atoms with Crippen LogP contribution in [-0.2, 0) is 19.4 Å². The number of aromatic nitrogens is 1. The van der Waals surface area contributed by atoms with Crippen molar-refractivity contribution in [2.24, 2.45) is 5.73 Å². The monoisotopic (exact) mass is 244 g/mol. The highest BCUT2D eigenvalue weighted by molar-refractivity contribution is 5.85. The Balaban J connectivity index is 1.95. The fourth-order valence-electron chi connectivity index (χ4n) is 1.84. The van der Waals surface area contributed by atoms with Gasteiger partial charge < -0.3 is 15.8 Å². The van der Waals surface area contributed by atoms with Gasteiger partial charge in [-0.2, -0.15) is 0 Å². The summed E-state index contributed by atoms with van der Waals surface area (Å²) in [6.07, 6.45) is 3.46. The molecule has 0 fully saturated rings. The largest absolute Gasteiger partial charge is 0.477 e. The number of aromatic amines is 1. The van der Waals surface area contributed by atoms with Crippen LogP contribution in [-0.4, -0.2) is 16.1 Å². The molecule has 0 aliphatic rings. The van der Waals surface area contributed by atoms with E-state index in [1.807, 2.05) is 12.1 Å². The van der Waals surface area contributed by atoms with E-state index in [9.17, 15) is 4.79 Å². The third kappa shape index (κ3) is 2.99. The Hall–Kier alpha value is -2.07. The van der Waals surface area contributed by atoms with Crippen molar-refractivity contribution in [1.29, 1.82) is 0 Å². The van der Waals surface area contributed by atoms with E-state index in [2.05, 4.69) is 17.1 Å². The summed E-state index contributed by atoms with van der Waals surface area (Å²) >= 11 is 0. The quantitative estimate of drug-likeness (QED) is 0.752. The summed E-state index contributed by atoms with van der Waals surface area (Å²) in [5, 5.41) is 8.80. The number of carboxylic acid groups (broad SMARTS) is 1. The number of H-pyrrole nitrogens is 1. The molecule has 2 aromatic rings. The highest BCUT2D eigenvalue weighted by Crippen LogP contribution is 2.10. The first kappa shape index (κ1) is 12.4. The minimum absolute atomic E-state index is 0.239. The van der Waals surface area contributed by atoms with Gasteiger partial charge in [-0.25, -0.2) is 4.79 Å². The van der Waals surface area contributed by atoms with Gasteiger partial charge in [-0.1, -0.05) is 24.3 Å². The van der Waals surface area contributed by atoms with Crippen LogP contribution in [0.3, 0.4) is 0 Å². The van der Waals surface area contributed by atoms with Crippen molar-refractivity contribution in [1.82, 2.24) is 4.98 Å². The Morgan fingerprint density at radius 1 is 1.11 bits per heavy atom. The molecule has 0 radical (unpaired) electrons. The first-order chi connectivity index (χ1) is 8.69. The average molecular weight is 244 g/mol. The minimum Gasteiger partial charge on any atom is -0.477 e. The maximum atomic E-state index is 10.7. The van der Waals surface area contributed by atoms with Crippen molar-refractivity contribution >= 4 is 5.97 Å². The van der Waals surface area contributed by atoms with E-state index in [1.54, 1.807) is 12.3 Å². The van der Waals surface area contributed by atoms with Gasteiger partial charge in [0.15, 0.2) is 0 Å². The highest BCUT2D eigenvalue weighted by atomic mass is 16.4. The standard InChI is InChI=1S/C14H16N2O2/c15-8-11-4-1-10(2-5-11)3-6-12-7-13(14(17)18)16-9-12/h1-2,4-5,7,9,16H,3,6,8,15H2,(H,17,18). The topological polar surface area (TPSA) is 79.1 Å². The number of rotatable bonds is 5. The first-order valence-electron chi connectivity index (χ1n) is 5.87. The zero-order valence-corrected chi connectivity index (χ0v) is 10.0. The average Bonchev–Trinajstić information content (AvgIpc) is 2.86. The molecule has 0 spiro atoms. The second kappa shape index (κ2) is 5.51. The third-order valence-electron chi connectivity index (χ3n) is 2.93. The molecule has 4 nitrogen and oxygen atoms in total. The van der Waals surface area contributed by atoms with Gasteiger partial charge in [0.25, 0.3) is 0 Å². The van der Waals surface area contributed by atoms with Gasteiger partial charge >= 0.3 is 5.97 Å². The predicted octanol–water partition coefficient (Wildman–Crippen LogP) is 1.96. The van der Waals surface area contributed by atoms with Crippen molar-refractivity contribution < 1.29 is 9.90 Å². The van der Waals surface area contributed by atoms with Gasteiger partial charge in [-0.15, -0.1) is 0 Å². The Morgan fingerprint density at radius 2 is 1.72 bits per heavy atom. The maximum absolute atomic E-state index is 10.7. The normalized spacial score (nSPS) is 10.5. The number of carboxylic acids is 1.